The fraction of sp³-hybridized carbons (Fsp3) is 0.778. The van der Waals surface area contributed by atoms with Crippen LogP contribution in [0.2, 0.25) is 0 Å². The number of nitrogens with zero attached hydrogens (tertiary/aromatic N) is 2. The minimum absolute atomic E-state index is 0.0953. The maximum Gasteiger partial charge on any atom is 0.245 e. The Kier molecular flexibility index (Phi) is 9.85. The molecule has 0 aliphatic heterocycles. The Hall–Kier alpha value is -1.40. The van der Waals surface area contributed by atoms with Crippen LogP contribution < -0.4 is 5.32 Å². The first kappa shape index (κ1) is 22.6. The van der Waals surface area contributed by atoms with Gasteiger partial charge in [0.05, 0.1) is 12.1 Å². The number of likely N-dealkylation sites (N-methyl/N-ethyl adjacent to an activating group) is 3. The van der Waals surface area contributed by atoms with Gasteiger partial charge in [-0.15, -0.1) is 0 Å². The molecule has 0 spiro atoms. The van der Waals surface area contributed by atoms with Gasteiger partial charge in [0.2, 0.25) is 11.8 Å². The van der Waals surface area contributed by atoms with Crippen molar-refractivity contribution in [1.29, 1.82) is 0 Å². The summed E-state index contributed by atoms with van der Waals surface area (Å²) < 4.78 is 0. The molecule has 0 bridgehead atoms. The smallest absolute Gasteiger partial charge is 0.245 e. The Morgan fingerprint density at radius 2 is 1.67 bits per heavy atom. The molecule has 4 unspecified atom stereocenters. The lowest BCUT2D eigenvalue weighted by Crippen LogP contribution is -2.59. The van der Waals surface area contributed by atoms with E-state index in [1.165, 1.54) is 11.9 Å². The van der Waals surface area contributed by atoms with E-state index in [1.54, 1.807) is 7.05 Å². The van der Waals surface area contributed by atoms with Crippen molar-refractivity contribution in [2.24, 2.45) is 11.8 Å². The van der Waals surface area contributed by atoms with Crippen molar-refractivity contribution in [3.8, 4) is 0 Å². The van der Waals surface area contributed by atoms with E-state index < -0.39 is 12.1 Å². The van der Waals surface area contributed by atoms with Crippen LogP contribution in [0, 0.1) is 11.8 Å². The largest absolute Gasteiger partial charge is 0.390 e. The number of aliphatic hydroxyl groups excluding tert-OH is 1. The summed E-state index contributed by atoms with van der Waals surface area (Å²) in [7, 11) is 6.79. The standard InChI is InChI=1S/C18H35N3O3/c1-9-10-11-13(4)16(22)15(17(23)19-5)21(8)18(24)14(12(2)3)20(6)7/h9-10,12-16,22H,11H2,1-8H3,(H,19,23)/b10-9+. The summed E-state index contributed by atoms with van der Waals surface area (Å²) in [6, 6.07) is -1.26. The van der Waals surface area contributed by atoms with Gasteiger partial charge in [-0.2, -0.15) is 0 Å². The molecule has 2 N–H and O–H groups in total. The summed E-state index contributed by atoms with van der Waals surface area (Å²) in [5.41, 5.74) is 0. The topological polar surface area (TPSA) is 72.9 Å². The fourth-order valence-corrected chi connectivity index (χ4v) is 2.96. The molecule has 2 amide bonds. The van der Waals surface area contributed by atoms with Gasteiger partial charge in [-0.05, 0) is 39.3 Å². The lowest BCUT2D eigenvalue weighted by Gasteiger charge is -2.37. The third kappa shape index (κ3) is 5.91. The Labute approximate surface area is 146 Å². The van der Waals surface area contributed by atoms with Gasteiger partial charge < -0.3 is 15.3 Å². The molecular formula is C18H35N3O3. The molecule has 0 aromatic heterocycles. The molecule has 6 heteroatoms. The summed E-state index contributed by atoms with van der Waals surface area (Å²) in [4.78, 5) is 28.5. The van der Waals surface area contributed by atoms with Crippen molar-refractivity contribution in [3.05, 3.63) is 12.2 Å². The number of nitrogens with one attached hydrogen (secondary N) is 1. The zero-order valence-electron chi connectivity index (χ0n) is 16.4. The van der Waals surface area contributed by atoms with E-state index in [2.05, 4.69) is 5.32 Å². The lowest BCUT2D eigenvalue weighted by atomic mass is 9.92. The van der Waals surface area contributed by atoms with Crippen LogP contribution in [-0.4, -0.2) is 73.1 Å². The summed E-state index contributed by atoms with van der Waals surface area (Å²) in [5, 5.41) is 13.2. The van der Waals surface area contributed by atoms with E-state index in [0.29, 0.717) is 6.42 Å². The van der Waals surface area contributed by atoms with E-state index in [4.69, 9.17) is 0 Å². The molecule has 0 saturated heterocycles. The van der Waals surface area contributed by atoms with Crippen LogP contribution in [-0.2, 0) is 9.59 Å². The SMILES string of the molecule is C/C=C/CC(C)C(O)C(C(=O)NC)N(C)C(=O)C(C(C)C)N(C)C. The first-order valence-corrected chi connectivity index (χ1v) is 8.53. The molecule has 0 rings (SSSR count). The van der Waals surface area contributed by atoms with Gasteiger partial charge in [-0.1, -0.05) is 32.9 Å². The van der Waals surface area contributed by atoms with Gasteiger partial charge >= 0.3 is 0 Å². The number of hydrogen-bond donors (Lipinski definition) is 2. The molecule has 140 valence electrons. The highest BCUT2D eigenvalue weighted by Gasteiger charge is 2.38. The van der Waals surface area contributed by atoms with Crippen LogP contribution in [0.1, 0.15) is 34.1 Å². The highest BCUT2D eigenvalue weighted by atomic mass is 16.3. The lowest BCUT2D eigenvalue weighted by molar-refractivity contribution is -0.148. The van der Waals surface area contributed by atoms with Gasteiger partial charge in [0.15, 0.2) is 0 Å². The van der Waals surface area contributed by atoms with E-state index >= 15 is 0 Å². The molecule has 6 nitrogen and oxygen atoms in total. The number of rotatable bonds is 9. The van der Waals surface area contributed by atoms with Crippen LogP contribution in [0.3, 0.4) is 0 Å². The van der Waals surface area contributed by atoms with E-state index in [0.717, 1.165) is 0 Å². The van der Waals surface area contributed by atoms with E-state index in [1.807, 2.05) is 58.8 Å². The molecule has 0 aliphatic rings. The third-order valence-corrected chi connectivity index (χ3v) is 4.37. The molecule has 0 fully saturated rings. The highest BCUT2D eigenvalue weighted by Crippen LogP contribution is 2.19. The third-order valence-electron chi connectivity index (χ3n) is 4.37. The van der Waals surface area contributed by atoms with Gasteiger partial charge in [0.25, 0.3) is 0 Å². The normalized spacial score (nSPS) is 17.0. The zero-order valence-corrected chi connectivity index (χ0v) is 16.4. The number of carbonyl (C=O) groups excluding carboxylic acids is 2. The molecule has 0 heterocycles. The molecule has 0 aromatic carbocycles. The maximum absolute atomic E-state index is 12.9. The minimum Gasteiger partial charge on any atom is -0.390 e. The summed E-state index contributed by atoms with van der Waals surface area (Å²) in [5.74, 6) is -0.568. The summed E-state index contributed by atoms with van der Waals surface area (Å²) >= 11 is 0. The van der Waals surface area contributed by atoms with Gasteiger partial charge in [0.1, 0.15) is 6.04 Å². The Balaban J connectivity index is 5.51. The van der Waals surface area contributed by atoms with Crippen molar-refractivity contribution in [2.45, 2.75) is 52.3 Å². The number of aliphatic hydroxyl groups is 1. The van der Waals surface area contributed by atoms with Crippen molar-refractivity contribution in [2.75, 3.05) is 28.2 Å². The van der Waals surface area contributed by atoms with Gasteiger partial charge in [-0.3, -0.25) is 14.5 Å². The van der Waals surface area contributed by atoms with Gasteiger partial charge in [-0.25, -0.2) is 0 Å². The monoisotopic (exact) mass is 341 g/mol. The number of amides is 2. The zero-order chi connectivity index (χ0) is 19.0. The van der Waals surface area contributed by atoms with Crippen molar-refractivity contribution >= 4 is 11.8 Å². The molecule has 24 heavy (non-hydrogen) atoms. The molecule has 0 aromatic rings. The first-order chi connectivity index (χ1) is 11.1. The first-order valence-electron chi connectivity index (χ1n) is 8.53. The average Bonchev–Trinajstić information content (AvgIpc) is 2.51. The Morgan fingerprint density at radius 3 is 2.04 bits per heavy atom. The Bertz CT molecular complexity index is 427. The van der Waals surface area contributed by atoms with Crippen LogP contribution in [0.15, 0.2) is 12.2 Å². The molecule has 4 atom stereocenters. The molecular weight excluding hydrogens is 306 g/mol. The van der Waals surface area contributed by atoms with Crippen LogP contribution in [0.25, 0.3) is 0 Å². The van der Waals surface area contributed by atoms with Crippen LogP contribution in [0.4, 0.5) is 0 Å². The molecule has 0 radical (unpaired) electrons. The van der Waals surface area contributed by atoms with Crippen molar-refractivity contribution in [1.82, 2.24) is 15.1 Å². The van der Waals surface area contributed by atoms with Crippen LogP contribution >= 0.6 is 0 Å². The number of hydrogen-bond acceptors (Lipinski definition) is 4. The van der Waals surface area contributed by atoms with Crippen molar-refractivity contribution in [3.63, 3.8) is 0 Å². The molecule has 0 saturated carbocycles. The minimum atomic E-state index is -0.940. The van der Waals surface area contributed by atoms with Gasteiger partial charge in [0, 0.05) is 14.1 Å². The Morgan fingerprint density at radius 1 is 1.12 bits per heavy atom. The maximum atomic E-state index is 12.9. The van der Waals surface area contributed by atoms with Crippen LogP contribution in [0.5, 0.6) is 0 Å². The van der Waals surface area contributed by atoms with Crippen molar-refractivity contribution < 1.29 is 14.7 Å². The number of allylic oxidation sites excluding steroid dienone is 2. The second-order valence-electron chi connectivity index (χ2n) is 6.93. The predicted molar refractivity (Wildman–Crippen MR) is 97.5 cm³/mol. The molecule has 0 aliphatic carbocycles. The summed E-state index contributed by atoms with van der Waals surface area (Å²) in [6.45, 7) is 7.73. The fourth-order valence-electron chi connectivity index (χ4n) is 2.96. The second-order valence-corrected chi connectivity index (χ2v) is 6.93. The van der Waals surface area contributed by atoms with E-state index in [9.17, 15) is 14.7 Å². The quantitative estimate of drug-likeness (QED) is 0.616. The second kappa shape index (κ2) is 10.5. The average molecular weight is 341 g/mol. The predicted octanol–water partition coefficient (Wildman–Crippen LogP) is 1.11. The summed E-state index contributed by atoms with van der Waals surface area (Å²) in [6.07, 6.45) is 3.57. The van der Waals surface area contributed by atoms with E-state index in [-0.39, 0.29) is 29.7 Å². The number of carbonyl (C=O) groups is 2. The highest BCUT2D eigenvalue weighted by molar-refractivity contribution is 5.90.